The maximum absolute atomic E-state index is 12.3. The molecule has 33 heavy (non-hydrogen) atoms. The summed E-state index contributed by atoms with van der Waals surface area (Å²) in [4.78, 5) is 21.2. The van der Waals surface area contributed by atoms with Gasteiger partial charge in [0.25, 0.3) is 11.8 Å². The Kier molecular flexibility index (Phi) is 5.51. The van der Waals surface area contributed by atoms with Crippen LogP contribution >= 0.6 is 0 Å². The highest BCUT2D eigenvalue weighted by Crippen LogP contribution is 2.22. The monoisotopic (exact) mass is 435 g/mol. The molecule has 0 spiro atoms. The molecular formula is C26H21N5O2. The molecule has 0 saturated carbocycles. The smallest absolute Gasteiger partial charge is 0.278 e. The Balaban J connectivity index is 1.24. The molecule has 0 fully saturated rings. The number of aromatic nitrogens is 4. The molecule has 3 aromatic carbocycles. The second-order valence-corrected chi connectivity index (χ2v) is 7.74. The molecule has 0 saturated heterocycles. The summed E-state index contributed by atoms with van der Waals surface area (Å²) in [6.45, 7) is 2.65. The Labute approximate surface area is 190 Å². The SMILES string of the molecule is Cc1cccc(-c2noc(-c3cn(Cc4ccc(NC(=O)c5ccccc5)cc4)cn3)n2)c1. The van der Waals surface area contributed by atoms with Gasteiger partial charge in [-0.05, 0) is 42.8 Å². The minimum Gasteiger partial charge on any atom is -0.332 e. The fraction of sp³-hybridized carbons (Fsp3) is 0.0769. The third-order valence-electron chi connectivity index (χ3n) is 5.17. The standard InChI is InChI=1S/C26H21N5O2/c1-18-6-5-9-21(14-18)24-29-26(33-30-24)23-16-31(17-27-23)15-19-10-12-22(13-11-19)28-25(32)20-7-3-2-4-8-20/h2-14,16-17H,15H2,1H3,(H,28,32). The predicted octanol–water partition coefficient (Wildman–Crippen LogP) is 5.21. The molecule has 0 radical (unpaired) electrons. The number of nitrogens with zero attached hydrogens (tertiary/aromatic N) is 4. The molecule has 0 unspecified atom stereocenters. The van der Waals surface area contributed by atoms with Gasteiger partial charge in [-0.25, -0.2) is 4.98 Å². The van der Waals surface area contributed by atoms with E-state index in [2.05, 4.69) is 20.4 Å². The van der Waals surface area contributed by atoms with E-state index in [1.165, 1.54) is 0 Å². The van der Waals surface area contributed by atoms with Gasteiger partial charge in [0.1, 0.15) is 5.69 Å². The number of rotatable bonds is 6. The Hall–Kier alpha value is -4.52. The molecule has 0 atom stereocenters. The van der Waals surface area contributed by atoms with Crippen molar-refractivity contribution >= 4 is 11.6 Å². The third kappa shape index (κ3) is 4.72. The first kappa shape index (κ1) is 20.4. The Morgan fingerprint density at radius 2 is 1.82 bits per heavy atom. The zero-order valence-electron chi connectivity index (χ0n) is 18.0. The molecule has 0 aliphatic rings. The van der Waals surface area contributed by atoms with E-state index < -0.39 is 0 Å². The summed E-state index contributed by atoms with van der Waals surface area (Å²) in [5, 5.41) is 6.99. The lowest BCUT2D eigenvalue weighted by Crippen LogP contribution is -2.11. The summed E-state index contributed by atoms with van der Waals surface area (Å²) in [6.07, 6.45) is 3.61. The lowest BCUT2D eigenvalue weighted by Gasteiger charge is -2.07. The second-order valence-electron chi connectivity index (χ2n) is 7.74. The Bertz CT molecular complexity index is 1390. The average molecular weight is 435 g/mol. The predicted molar refractivity (Wildman–Crippen MR) is 126 cm³/mol. The van der Waals surface area contributed by atoms with Crippen LogP contribution in [0.5, 0.6) is 0 Å². The van der Waals surface area contributed by atoms with Gasteiger partial charge in [-0.3, -0.25) is 4.79 Å². The third-order valence-corrected chi connectivity index (χ3v) is 5.17. The maximum Gasteiger partial charge on any atom is 0.278 e. The molecule has 162 valence electrons. The van der Waals surface area contributed by atoms with Crippen LogP contribution in [0, 0.1) is 6.92 Å². The van der Waals surface area contributed by atoms with E-state index in [4.69, 9.17) is 4.52 Å². The van der Waals surface area contributed by atoms with Crippen LogP contribution in [0.25, 0.3) is 23.0 Å². The van der Waals surface area contributed by atoms with Gasteiger partial charge in [0.2, 0.25) is 5.82 Å². The lowest BCUT2D eigenvalue weighted by atomic mass is 10.1. The van der Waals surface area contributed by atoms with Crippen molar-refractivity contribution in [1.82, 2.24) is 19.7 Å². The van der Waals surface area contributed by atoms with E-state index in [1.54, 1.807) is 18.5 Å². The van der Waals surface area contributed by atoms with Gasteiger partial charge < -0.3 is 14.4 Å². The molecule has 7 nitrogen and oxygen atoms in total. The largest absolute Gasteiger partial charge is 0.332 e. The summed E-state index contributed by atoms with van der Waals surface area (Å²) in [5.41, 5.74) is 5.10. The van der Waals surface area contributed by atoms with Crippen LogP contribution in [0.3, 0.4) is 0 Å². The number of nitrogens with one attached hydrogen (secondary N) is 1. The number of hydrogen-bond donors (Lipinski definition) is 1. The van der Waals surface area contributed by atoms with Gasteiger partial charge >= 0.3 is 0 Å². The second kappa shape index (κ2) is 8.92. The van der Waals surface area contributed by atoms with Crippen LogP contribution in [0.4, 0.5) is 5.69 Å². The number of carbonyl (C=O) groups is 1. The fourth-order valence-electron chi connectivity index (χ4n) is 3.48. The normalized spacial score (nSPS) is 10.8. The zero-order valence-corrected chi connectivity index (χ0v) is 18.0. The van der Waals surface area contributed by atoms with Crippen molar-refractivity contribution in [3.63, 3.8) is 0 Å². The zero-order chi connectivity index (χ0) is 22.6. The molecular weight excluding hydrogens is 414 g/mol. The van der Waals surface area contributed by atoms with Crippen LogP contribution < -0.4 is 5.32 Å². The first-order valence-electron chi connectivity index (χ1n) is 10.5. The molecule has 5 aromatic rings. The number of imidazole rings is 1. The van der Waals surface area contributed by atoms with Crippen molar-refractivity contribution < 1.29 is 9.32 Å². The van der Waals surface area contributed by atoms with Crippen molar-refractivity contribution in [2.24, 2.45) is 0 Å². The van der Waals surface area contributed by atoms with Gasteiger partial charge in [0.15, 0.2) is 0 Å². The van der Waals surface area contributed by atoms with Crippen molar-refractivity contribution in [2.75, 3.05) is 5.32 Å². The number of hydrogen-bond acceptors (Lipinski definition) is 5. The highest BCUT2D eigenvalue weighted by Gasteiger charge is 2.13. The summed E-state index contributed by atoms with van der Waals surface area (Å²) < 4.78 is 7.37. The van der Waals surface area contributed by atoms with Crippen molar-refractivity contribution in [3.05, 3.63) is 108 Å². The van der Waals surface area contributed by atoms with Gasteiger partial charge in [0, 0.05) is 29.6 Å². The van der Waals surface area contributed by atoms with Crippen LogP contribution in [0.2, 0.25) is 0 Å². The van der Waals surface area contributed by atoms with E-state index in [0.717, 1.165) is 22.4 Å². The topological polar surface area (TPSA) is 85.8 Å². The fourth-order valence-corrected chi connectivity index (χ4v) is 3.48. The molecule has 2 heterocycles. The molecule has 5 rings (SSSR count). The van der Waals surface area contributed by atoms with Crippen LogP contribution in [-0.2, 0) is 6.54 Å². The van der Waals surface area contributed by atoms with Gasteiger partial charge in [-0.1, -0.05) is 59.3 Å². The number of carbonyl (C=O) groups excluding carboxylic acids is 1. The van der Waals surface area contributed by atoms with Crippen molar-refractivity contribution in [1.29, 1.82) is 0 Å². The van der Waals surface area contributed by atoms with Crippen LogP contribution in [0.1, 0.15) is 21.5 Å². The number of amides is 1. The summed E-state index contributed by atoms with van der Waals surface area (Å²) in [6, 6.07) is 24.8. The number of aryl methyl sites for hydroxylation is 1. The highest BCUT2D eigenvalue weighted by atomic mass is 16.5. The van der Waals surface area contributed by atoms with E-state index >= 15 is 0 Å². The van der Waals surface area contributed by atoms with E-state index in [1.807, 2.05) is 84.4 Å². The molecule has 2 aromatic heterocycles. The van der Waals surface area contributed by atoms with Gasteiger partial charge in [-0.2, -0.15) is 4.98 Å². The first-order valence-corrected chi connectivity index (χ1v) is 10.5. The molecule has 7 heteroatoms. The van der Waals surface area contributed by atoms with E-state index in [0.29, 0.717) is 29.5 Å². The lowest BCUT2D eigenvalue weighted by molar-refractivity contribution is 0.102. The maximum atomic E-state index is 12.3. The molecule has 0 aliphatic carbocycles. The molecule has 1 amide bonds. The summed E-state index contributed by atoms with van der Waals surface area (Å²) in [7, 11) is 0. The molecule has 1 N–H and O–H groups in total. The minimum absolute atomic E-state index is 0.132. The summed E-state index contributed by atoms with van der Waals surface area (Å²) in [5.74, 6) is 0.785. The van der Waals surface area contributed by atoms with Crippen LogP contribution in [-0.4, -0.2) is 25.6 Å². The quantitative estimate of drug-likeness (QED) is 0.396. The van der Waals surface area contributed by atoms with E-state index in [9.17, 15) is 4.79 Å². The van der Waals surface area contributed by atoms with Gasteiger partial charge in [-0.15, -0.1) is 0 Å². The van der Waals surface area contributed by atoms with Gasteiger partial charge in [0.05, 0.1) is 6.33 Å². The number of benzene rings is 3. The van der Waals surface area contributed by atoms with Crippen LogP contribution in [0.15, 0.2) is 95.9 Å². The minimum atomic E-state index is -0.132. The van der Waals surface area contributed by atoms with Crippen molar-refractivity contribution in [3.8, 4) is 23.0 Å². The Morgan fingerprint density at radius 1 is 1.00 bits per heavy atom. The number of anilines is 1. The molecule has 0 aliphatic heterocycles. The summed E-state index contributed by atoms with van der Waals surface area (Å²) >= 11 is 0. The Morgan fingerprint density at radius 3 is 2.61 bits per heavy atom. The molecule has 0 bridgehead atoms. The highest BCUT2D eigenvalue weighted by molar-refractivity contribution is 6.04. The average Bonchev–Trinajstić information content (AvgIpc) is 3.51. The van der Waals surface area contributed by atoms with Crippen molar-refractivity contribution in [2.45, 2.75) is 13.5 Å². The van der Waals surface area contributed by atoms with E-state index in [-0.39, 0.29) is 5.91 Å². The first-order chi connectivity index (χ1) is 16.1.